The summed E-state index contributed by atoms with van der Waals surface area (Å²) in [5.74, 6) is 0.410. The zero-order valence-corrected chi connectivity index (χ0v) is 13.0. The quantitative estimate of drug-likeness (QED) is 0.789. The molecule has 0 saturated carbocycles. The fraction of sp³-hybridized carbons (Fsp3) is 0.467. The van der Waals surface area contributed by atoms with E-state index in [1.807, 2.05) is 6.92 Å². The van der Waals surface area contributed by atoms with Crippen molar-refractivity contribution in [3.8, 4) is 5.75 Å². The minimum Gasteiger partial charge on any atom is -0.497 e. The lowest BCUT2D eigenvalue weighted by Gasteiger charge is -2.23. The number of methoxy groups -OCH3 is 1. The molecular formula is C15H23N3O3. The van der Waals surface area contributed by atoms with Crippen LogP contribution in [0, 0.1) is 0 Å². The van der Waals surface area contributed by atoms with Gasteiger partial charge in [0.05, 0.1) is 19.7 Å². The van der Waals surface area contributed by atoms with Crippen molar-refractivity contribution < 1.29 is 14.3 Å². The molecule has 0 aromatic heterocycles. The van der Waals surface area contributed by atoms with Crippen LogP contribution in [-0.2, 0) is 9.59 Å². The first kappa shape index (κ1) is 17.0. The first-order valence-electron chi connectivity index (χ1n) is 6.89. The third kappa shape index (κ3) is 5.43. The van der Waals surface area contributed by atoms with Gasteiger partial charge >= 0.3 is 0 Å². The molecule has 0 unspecified atom stereocenters. The summed E-state index contributed by atoms with van der Waals surface area (Å²) in [6.07, 6.45) is 0. The van der Waals surface area contributed by atoms with Crippen LogP contribution in [0.15, 0.2) is 24.3 Å². The fourth-order valence-electron chi connectivity index (χ4n) is 1.79. The summed E-state index contributed by atoms with van der Waals surface area (Å²) in [4.78, 5) is 25.4. The van der Waals surface area contributed by atoms with Crippen LogP contribution in [0.3, 0.4) is 0 Å². The van der Waals surface area contributed by atoms with Crippen molar-refractivity contribution in [1.82, 2.24) is 10.2 Å². The van der Waals surface area contributed by atoms with Crippen LogP contribution in [-0.4, -0.2) is 50.0 Å². The molecule has 1 aromatic rings. The number of carbonyl (C=O) groups is 2. The maximum atomic E-state index is 12.0. The van der Waals surface area contributed by atoms with E-state index in [1.165, 1.54) is 0 Å². The zero-order valence-electron chi connectivity index (χ0n) is 13.0. The van der Waals surface area contributed by atoms with Crippen molar-refractivity contribution in [2.24, 2.45) is 0 Å². The molecule has 116 valence electrons. The van der Waals surface area contributed by atoms with Crippen molar-refractivity contribution in [1.29, 1.82) is 0 Å². The molecule has 2 N–H and O–H groups in total. The second kappa shape index (κ2) is 8.26. The lowest BCUT2D eigenvalue weighted by Crippen LogP contribution is -2.45. The van der Waals surface area contributed by atoms with E-state index in [0.717, 1.165) is 0 Å². The number of anilines is 1. The molecule has 0 radical (unpaired) electrons. The number of carbonyl (C=O) groups excluding carboxylic acids is 2. The van der Waals surface area contributed by atoms with Gasteiger partial charge in [-0.05, 0) is 33.0 Å². The maximum absolute atomic E-state index is 12.0. The van der Waals surface area contributed by atoms with E-state index in [9.17, 15) is 9.59 Å². The van der Waals surface area contributed by atoms with E-state index in [1.54, 1.807) is 50.2 Å². The summed E-state index contributed by atoms with van der Waals surface area (Å²) in [7, 11) is 3.31. The number of benzene rings is 1. The van der Waals surface area contributed by atoms with Crippen LogP contribution in [0.1, 0.15) is 13.8 Å². The van der Waals surface area contributed by atoms with Gasteiger partial charge in [0.2, 0.25) is 11.8 Å². The van der Waals surface area contributed by atoms with E-state index >= 15 is 0 Å². The van der Waals surface area contributed by atoms with Gasteiger partial charge in [-0.2, -0.15) is 0 Å². The van der Waals surface area contributed by atoms with Crippen LogP contribution in [0.5, 0.6) is 5.75 Å². The van der Waals surface area contributed by atoms with E-state index in [-0.39, 0.29) is 24.4 Å². The molecule has 0 fully saturated rings. The average Bonchev–Trinajstić information content (AvgIpc) is 2.46. The smallest absolute Gasteiger partial charge is 0.238 e. The van der Waals surface area contributed by atoms with Gasteiger partial charge in [-0.15, -0.1) is 0 Å². The van der Waals surface area contributed by atoms with Gasteiger partial charge in [-0.25, -0.2) is 0 Å². The molecular weight excluding hydrogens is 270 g/mol. The Morgan fingerprint density at radius 2 is 2.10 bits per heavy atom. The minimum atomic E-state index is -0.360. The number of amides is 2. The first-order chi connectivity index (χ1) is 9.97. The van der Waals surface area contributed by atoms with Crippen LogP contribution in [0.4, 0.5) is 5.69 Å². The lowest BCUT2D eigenvalue weighted by atomic mass is 10.2. The van der Waals surface area contributed by atoms with E-state index in [0.29, 0.717) is 18.0 Å². The predicted octanol–water partition coefficient (Wildman–Crippen LogP) is 1.09. The molecule has 6 heteroatoms. The van der Waals surface area contributed by atoms with Crippen LogP contribution >= 0.6 is 0 Å². The monoisotopic (exact) mass is 293 g/mol. The number of nitrogens with zero attached hydrogens (tertiary/aromatic N) is 1. The zero-order chi connectivity index (χ0) is 15.8. The molecule has 0 aliphatic carbocycles. The van der Waals surface area contributed by atoms with Gasteiger partial charge in [0.15, 0.2) is 0 Å². The van der Waals surface area contributed by atoms with Crippen LogP contribution in [0.2, 0.25) is 0 Å². The molecule has 21 heavy (non-hydrogen) atoms. The summed E-state index contributed by atoms with van der Waals surface area (Å²) in [6.45, 7) is 4.34. The van der Waals surface area contributed by atoms with Crippen LogP contribution in [0.25, 0.3) is 0 Å². The van der Waals surface area contributed by atoms with Crippen molar-refractivity contribution in [3.63, 3.8) is 0 Å². The minimum absolute atomic E-state index is 0.0887. The van der Waals surface area contributed by atoms with E-state index in [2.05, 4.69) is 10.6 Å². The van der Waals surface area contributed by atoms with E-state index < -0.39 is 0 Å². The Bertz CT molecular complexity index is 491. The van der Waals surface area contributed by atoms with Gasteiger partial charge in [0, 0.05) is 18.3 Å². The summed E-state index contributed by atoms with van der Waals surface area (Å²) in [5.41, 5.74) is 0.665. The SMILES string of the molecule is CCNC(=O)[C@@H](C)N(C)CC(=O)Nc1cccc(OC)c1. The summed E-state index contributed by atoms with van der Waals surface area (Å²) < 4.78 is 5.10. The Morgan fingerprint density at radius 1 is 1.38 bits per heavy atom. The Kier molecular flexibility index (Phi) is 6.68. The highest BCUT2D eigenvalue weighted by molar-refractivity contribution is 5.93. The first-order valence-corrected chi connectivity index (χ1v) is 6.89. The normalized spacial score (nSPS) is 11.9. The number of rotatable bonds is 7. The second-order valence-corrected chi connectivity index (χ2v) is 4.77. The highest BCUT2D eigenvalue weighted by Gasteiger charge is 2.19. The Labute approximate surface area is 125 Å². The molecule has 1 atom stereocenters. The summed E-state index contributed by atoms with van der Waals surface area (Å²) in [6, 6.07) is 6.77. The Balaban J connectivity index is 2.54. The molecule has 1 aromatic carbocycles. The van der Waals surface area contributed by atoms with Gasteiger partial charge < -0.3 is 15.4 Å². The Hall–Kier alpha value is -2.08. The number of nitrogens with one attached hydrogen (secondary N) is 2. The molecule has 0 aliphatic heterocycles. The number of hydrogen-bond acceptors (Lipinski definition) is 4. The number of hydrogen-bond donors (Lipinski definition) is 2. The average molecular weight is 293 g/mol. The fourth-order valence-corrected chi connectivity index (χ4v) is 1.79. The summed E-state index contributed by atoms with van der Waals surface area (Å²) >= 11 is 0. The highest BCUT2D eigenvalue weighted by Crippen LogP contribution is 2.16. The Morgan fingerprint density at radius 3 is 2.71 bits per heavy atom. The third-order valence-electron chi connectivity index (χ3n) is 3.14. The van der Waals surface area contributed by atoms with Crippen molar-refractivity contribution in [3.05, 3.63) is 24.3 Å². The van der Waals surface area contributed by atoms with Gasteiger partial charge in [0.1, 0.15) is 5.75 Å². The molecule has 0 aliphatic rings. The van der Waals surface area contributed by atoms with Crippen molar-refractivity contribution >= 4 is 17.5 Å². The molecule has 1 rings (SSSR count). The molecule has 0 heterocycles. The molecule has 0 saturated heterocycles. The molecule has 0 spiro atoms. The third-order valence-corrected chi connectivity index (χ3v) is 3.14. The largest absolute Gasteiger partial charge is 0.497 e. The maximum Gasteiger partial charge on any atom is 0.238 e. The second-order valence-electron chi connectivity index (χ2n) is 4.77. The van der Waals surface area contributed by atoms with E-state index in [4.69, 9.17) is 4.74 Å². The molecule has 0 bridgehead atoms. The van der Waals surface area contributed by atoms with Gasteiger partial charge in [0.25, 0.3) is 0 Å². The summed E-state index contributed by atoms with van der Waals surface area (Å²) in [5, 5.41) is 5.52. The topological polar surface area (TPSA) is 70.7 Å². The van der Waals surface area contributed by atoms with Crippen molar-refractivity contribution in [2.45, 2.75) is 19.9 Å². The molecule has 6 nitrogen and oxygen atoms in total. The number of ether oxygens (including phenoxy) is 1. The molecule has 2 amide bonds. The standard InChI is InChI=1S/C15H23N3O3/c1-5-16-15(20)11(2)18(3)10-14(19)17-12-7-6-8-13(9-12)21-4/h6-9,11H,5,10H2,1-4H3,(H,16,20)(H,17,19)/t11-/m1/s1. The van der Waals surface area contributed by atoms with Crippen molar-refractivity contribution in [2.75, 3.05) is 32.6 Å². The van der Waals surface area contributed by atoms with Crippen LogP contribution < -0.4 is 15.4 Å². The predicted molar refractivity (Wildman–Crippen MR) is 82.4 cm³/mol. The van der Waals surface area contributed by atoms with Gasteiger partial charge in [-0.3, -0.25) is 14.5 Å². The number of likely N-dealkylation sites (N-methyl/N-ethyl adjacent to an activating group) is 2. The van der Waals surface area contributed by atoms with Gasteiger partial charge in [-0.1, -0.05) is 6.07 Å². The highest BCUT2D eigenvalue weighted by atomic mass is 16.5. The lowest BCUT2D eigenvalue weighted by molar-refractivity contribution is -0.126.